The van der Waals surface area contributed by atoms with Crippen LogP contribution < -0.4 is 10.1 Å². The van der Waals surface area contributed by atoms with E-state index in [1.807, 2.05) is 18.2 Å². The van der Waals surface area contributed by atoms with Crippen LogP contribution in [-0.4, -0.2) is 11.5 Å². The molecule has 1 aliphatic heterocycles. The highest BCUT2D eigenvalue weighted by Crippen LogP contribution is 2.47. The van der Waals surface area contributed by atoms with E-state index >= 15 is 0 Å². The van der Waals surface area contributed by atoms with E-state index in [4.69, 9.17) is 4.74 Å². The molecule has 72 valence electrons. The first-order valence-electron chi connectivity index (χ1n) is 4.50. The maximum atomic E-state index is 11.6. The van der Waals surface area contributed by atoms with Crippen LogP contribution in [0.15, 0.2) is 22.7 Å². The van der Waals surface area contributed by atoms with Gasteiger partial charge in [0, 0.05) is 17.3 Å². The second kappa shape index (κ2) is 2.51. The zero-order valence-corrected chi connectivity index (χ0v) is 8.93. The molecule has 1 N–H and O–H groups in total. The molecule has 0 radical (unpaired) electrons. The Morgan fingerprint density at radius 1 is 1.43 bits per heavy atom. The molecule has 1 aliphatic carbocycles. The zero-order chi connectivity index (χ0) is 9.76. The van der Waals surface area contributed by atoms with Crippen LogP contribution in [0, 0.1) is 0 Å². The Balaban J connectivity index is 2.07. The number of carbonyl (C=O) groups excluding carboxylic acids is 1. The minimum absolute atomic E-state index is 0.00711. The van der Waals surface area contributed by atoms with E-state index in [0.717, 1.165) is 28.8 Å². The quantitative estimate of drug-likeness (QED) is 0.771. The molecule has 4 heteroatoms. The summed E-state index contributed by atoms with van der Waals surface area (Å²) < 4.78 is 6.64. The molecule has 0 aromatic heterocycles. The second-order valence-corrected chi connectivity index (χ2v) is 4.61. The highest BCUT2D eigenvalue weighted by molar-refractivity contribution is 9.10. The molecule has 0 saturated heterocycles. The van der Waals surface area contributed by atoms with Crippen molar-refractivity contribution in [3.05, 3.63) is 22.7 Å². The average molecular weight is 254 g/mol. The standard InChI is InChI=1S/C10H8BrNO2/c11-6-1-2-7-8(5-6)14-10(3-4-10)9(13)12-7/h1-2,5H,3-4H2,(H,12,13). The summed E-state index contributed by atoms with van der Waals surface area (Å²) in [7, 11) is 0. The van der Waals surface area contributed by atoms with E-state index in [0.29, 0.717) is 0 Å². The van der Waals surface area contributed by atoms with Crippen molar-refractivity contribution in [3.63, 3.8) is 0 Å². The van der Waals surface area contributed by atoms with E-state index in [-0.39, 0.29) is 5.91 Å². The number of fused-ring (bicyclic) bond motifs is 1. The summed E-state index contributed by atoms with van der Waals surface area (Å²) in [5, 5.41) is 2.86. The van der Waals surface area contributed by atoms with Crippen molar-refractivity contribution in [2.24, 2.45) is 0 Å². The molecular weight excluding hydrogens is 246 g/mol. The molecule has 1 amide bonds. The van der Waals surface area contributed by atoms with Gasteiger partial charge in [-0.1, -0.05) is 15.9 Å². The van der Waals surface area contributed by atoms with Gasteiger partial charge in [0.05, 0.1) is 5.69 Å². The van der Waals surface area contributed by atoms with Crippen LogP contribution in [-0.2, 0) is 4.79 Å². The van der Waals surface area contributed by atoms with Crippen LogP contribution in [0.25, 0.3) is 0 Å². The summed E-state index contributed by atoms with van der Waals surface area (Å²) in [5.41, 5.74) is 0.212. The number of hydrogen-bond donors (Lipinski definition) is 1. The van der Waals surface area contributed by atoms with E-state index in [1.165, 1.54) is 0 Å². The number of halogens is 1. The molecule has 3 nitrogen and oxygen atoms in total. The third kappa shape index (κ3) is 1.07. The Morgan fingerprint density at radius 2 is 2.21 bits per heavy atom. The van der Waals surface area contributed by atoms with Gasteiger partial charge in [-0.15, -0.1) is 0 Å². The lowest BCUT2D eigenvalue weighted by Crippen LogP contribution is -2.38. The first-order valence-corrected chi connectivity index (χ1v) is 5.29. The van der Waals surface area contributed by atoms with Crippen LogP contribution in [0.1, 0.15) is 12.8 Å². The summed E-state index contributed by atoms with van der Waals surface area (Å²) in [4.78, 5) is 11.6. The molecular formula is C10H8BrNO2. The highest BCUT2D eigenvalue weighted by Gasteiger charge is 2.55. The molecule has 1 fully saturated rings. The summed E-state index contributed by atoms with van der Waals surface area (Å²) in [6.07, 6.45) is 1.65. The number of rotatable bonds is 0. The number of carbonyl (C=O) groups is 1. The predicted molar refractivity (Wildman–Crippen MR) is 55.4 cm³/mol. The third-order valence-electron chi connectivity index (χ3n) is 2.62. The Bertz CT molecular complexity index is 426. The zero-order valence-electron chi connectivity index (χ0n) is 7.34. The first kappa shape index (κ1) is 8.29. The Labute approximate surface area is 89.6 Å². The van der Waals surface area contributed by atoms with Crippen LogP contribution in [0.3, 0.4) is 0 Å². The van der Waals surface area contributed by atoms with Crippen LogP contribution in [0.2, 0.25) is 0 Å². The molecule has 1 spiro atoms. The number of nitrogens with one attached hydrogen (secondary N) is 1. The third-order valence-corrected chi connectivity index (χ3v) is 3.11. The van der Waals surface area contributed by atoms with Gasteiger partial charge in [-0.25, -0.2) is 0 Å². The number of benzene rings is 1. The lowest BCUT2D eigenvalue weighted by molar-refractivity contribution is -0.125. The van der Waals surface area contributed by atoms with Gasteiger partial charge >= 0.3 is 0 Å². The molecule has 14 heavy (non-hydrogen) atoms. The smallest absolute Gasteiger partial charge is 0.268 e. The fourth-order valence-electron chi connectivity index (χ4n) is 1.62. The molecule has 0 bridgehead atoms. The molecule has 2 aliphatic rings. The topological polar surface area (TPSA) is 38.3 Å². The van der Waals surface area contributed by atoms with E-state index in [2.05, 4.69) is 21.2 Å². The molecule has 0 unspecified atom stereocenters. The van der Waals surface area contributed by atoms with Crippen molar-refractivity contribution in [3.8, 4) is 5.75 Å². The largest absolute Gasteiger partial charge is 0.475 e. The van der Waals surface area contributed by atoms with Crippen molar-refractivity contribution in [1.29, 1.82) is 0 Å². The van der Waals surface area contributed by atoms with Gasteiger partial charge in [0.25, 0.3) is 5.91 Å². The number of amides is 1. The maximum absolute atomic E-state index is 11.6. The fourth-order valence-corrected chi connectivity index (χ4v) is 1.96. The summed E-state index contributed by atoms with van der Waals surface area (Å²) in [5.74, 6) is 0.754. The van der Waals surface area contributed by atoms with E-state index in [9.17, 15) is 4.79 Å². The highest BCUT2D eigenvalue weighted by atomic mass is 79.9. The maximum Gasteiger partial charge on any atom is 0.268 e. The Kier molecular flexibility index (Phi) is 1.49. The lowest BCUT2D eigenvalue weighted by atomic mass is 10.2. The van der Waals surface area contributed by atoms with Gasteiger partial charge in [0.2, 0.25) is 0 Å². The van der Waals surface area contributed by atoms with Gasteiger partial charge in [0.15, 0.2) is 5.60 Å². The molecule has 1 heterocycles. The Hall–Kier alpha value is -1.03. The minimum Gasteiger partial charge on any atom is -0.475 e. The number of ether oxygens (including phenoxy) is 1. The van der Waals surface area contributed by atoms with Crippen molar-refractivity contribution < 1.29 is 9.53 Å². The summed E-state index contributed by atoms with van der Waals surface area (Å²) in [6.45, 7) is 0. The van der Waals surface area contributed by atoms with Gasteiger partial charge in [-0.05, 0) is 18.2 Å². The van der Waals surface area contributed by atoms with Crippen LogP contribution in [0.4, 0.5) is 5.69 Å². The SMILES string of the molecule is O=C1Nc2ccc(Br)cc2OC12CC2. The van der Waals surface area contributed by atoms with Crippen LogP contribution >= 0.6 is 15.9 Å². The van der Waals surface area contributed by atoms with Gasteiger partial charge in [-0.3, -0.25) is 4.79 Å². The summed E-state index contributed by atoms with van der Waals surface area (Å²) in [6, 6.07) is 5.61. The molecule has 1 aromatic carbocycles. The predicted octanol–water partition coefficient (Wildman–Crippen LogP) is 2.31. The summed E-state index contributed by atoms with van der Waals surface area (Å²) >= 11 is 3.37. The average Bonchev–Trinajstić information content (AvgIpc) is 2.89. The van der Waals surface area contributed by atoms with Crippen molar-refractivity contribution in [1.82, 2.24) is 0 Å². The van der Waals surface area contributed by atoms with Crippen molar-refractivity contribution in [2.75, 3.05) is 5.32 Å². The molecule has 3 rings (SSSR count). The van der Waals surface area contributed by atoms with E-state index in [1.54, 1.807) is 0 Å². The fraction of sp³-hybridized carbons (Fsp3) is 0.300. The van der Waals surface area contributed by atoms with Gasteiger partial charge in [-0.2, -0.15) is 0 Å². The lowest BCUT2D eigenvalue weighted by Gasteiger charge is -2.25. The first-order chi connectivity index (χ1) is 6.70. The molecule has 1 aromatic rings. The molecule has 0 atom stereocenters. The second-order valence-electron chi connectivity index (χ2n) is 3.69. The van der Waals surface area contributed by atoms with Crippen LogP contribution in [0.5, 0.6) is 5.75 Å². The number of hydrogen-bond acceptors (Lipinski definition) is 2. The normalized spacial score (nSPS) is 21.1. The number of anilines is 1. The monoisotopic (exact) mass is 253 g/mol. The minimum atomic E-state index is -0.548. The van der Waals surface area contributed by atoms with Gasteiger partial charge < -0.3 is 10.1 Å². The molecule has 1 saturated carbocycles. The van der Waals surface area contributed by atoms with Gasteiger partial charge in [0.1, 0.15) is 5.75 Å². The van der Waals surface area contributed by atoms with E-state index < -0.39 is 5.60 Å². The Morgan fingerprint density at radius 3 is 2.93 bits per heavy atom. The van der Waals surface area contributed by atoms with Crippen molar-refractivity contribution in [2.45, 2.75) is 18.4 Å². The van der Waals surface area contributed by atoms with Crippen molar-refractivity contribution >= 4 is 27.5 Å².